The molecule has 3 aromatic rings. The summed E-state index contributed by atoms with van der Waals surface area (Å²) in [4.78, 5) is 19.7. The lowest BCUT2D eigenvalue weighted by molar-refractivity contribution is -0.949. The van der Waals surface area contributed by atoms with Crippen LogP contribution in [-0.2, 0) is 16.0 Å². The normalized spacial score (nSPS) is 25.0. The fourth-order valence-corrected chi connectivity index (χ4v) is 6.40. The first-order chi connectivity index (χ1) is 17.4. The van der Waals surface area contributed by atoms with Gasteiger partial charge in [-0.05, 0) is 48.4 Å². The van der Waals surface area contributed by atoms with Crippen molar-refractivity contribution in [3.63, 3.8) is 0 Å². The molecule has 3 aliphatic heterocycles. The number of carbonyl (C=O) groups is 1. The van der Waals surface area contributed by atoms with E-state index in [1.165, 1.54) is 16.9 Å². The van der Waals surface area contributed by atoms with E-state index in [0.717, 1.165) is 48.0 Å². The van der Waals surface area contributed by atoms with E-state index < -0.39 is 0 Å². The molecule has 2 bridgehead atoms. The SMILES string of the molecule is C=C[C@H]1C[NH+]2CC[C@H]1C[C@H]2[C@@H](OC(=O)[C@H](C)c1ccc(CC(C)C)cc1)c1ccnc2ccccc12. The van der Waals surface area contributed by atoms with Gasteiger partial charge in [-0.25, -0.2) is 0 Å². The van der Waals surface area contributed by atoms with Gasteiger partial charge in [-0.3, -0.25) is 9.78 Å². The highest BCUT2D eigenvalue weighted by molar-refractivity contribution is 5.83. The largest absolute Gasteiger partial charge is 0.451 e. The van der Waals surface area contributed by atoms with Gasteiger partial charge in [-0.15, -0.1) is 6.58 Å². The lowest BCUT2D eigenvalue weighted by Gasteiger charge is -2.48. The van der Waals surface area contributed by atoms with Gasteiger partial charge in [-0.1, -0.05) is 62.4 Å². The maximum atomic E-state index is 13.6. The highest BCUT2D eigenvalue weighted by atomic mass is 16.5. The molecule has 4 nitrogen and oxygen atoms in total. The van der Waals surface area contributed by atoms with Gasteiger partial charge in [0.05, 0.1) is 24.5 Å². The minimum atomic E-state index is -0.319. The molecule has 0 saturated carbocycles. The van der Waals surface area contributed by atoms with Crippen molar-refractivity contribution in [2.45, 2.75) is 58.1 Å². The van der Waals surface area contributed by atoms with Crippen molar-refractivity contribution >= 4 is 16.9 Å². The number of aromatic nitrogens is 1. The zero-order valence-electron chi connectivity index (χ0n) is 21.8. The monoisotopic (exact) mass is 483 g/mol. The van der Waals surface area contributed by atoms with Gasteiger partial charge in [0.1, 0.15) is 6.04 Å². The lowest BCUT2D eigenvalue weighted by Crippen LogP contribution is -3.20. The number of esters is 1. The van der Waals surface area contributed by atoms with Crippen molar-refractivity contribution in [2.75, 3.05) is 13.1 Å². The van der Waals surface area contributed by atoms with Crippen molar-refractivity contribution in [2.24, 2.45) is 17.8 Å². The van der Waals surface area contributed by atoms with Gasteiger partial charge in [0.15, 0.2) is 6.10 Å². The molecule has 0 aliphatic carbocycles. The summed E-state index contributed by atoms with van der Waals surface area (Å²) in [5.41, 5.74) is 4.34. The Morgan fingerprint density at radius 2 is 1.92 bits per heavy atom. The van der Waals surface area contributed by atoms with Crippen LogP contribution in [0.2, 0.25) is 0 Å². The van der Waals surface area contributed by atoms with Crippen LogP contribution in [0, 0.1) is 17.8 Å². The topological polar surface area (TPSA) is 43.6 Å². The van der Waals surface area contributed by atoms with E-state index in [1.54, 1.807) is 0 Å². The molecule has 36 heavy (non-hydrogen) atoms. The summed E-state index contributed by atoms with van der Waals surface area (Å²) in [6, 6.07) is 19.0. The lowest BCUT2D eigenvalue weighted by atomic mass is 9.73. The van der Waals surface area contributed by atoms with Gasteiger partial charge in [0.25, 0.3) is 0 Å². The number of para-hydroxylation sites is 1. The molecule has 3 saturated heterocycles. The number of hydrogen-bond acceptors (Lipinski definition) is 3. The van der Waals surface area contributed by atoms with Gasteiger partial charge in [-0.2, -0.15) is 0 Å². The number of hydrogen-bond donors (Lipinski definition) is 1. The molecule has 0 amide bonds. The zero-order chi connectivity index (χ0) is 25.2. The number of piperidine rings is 3. The first-order valence-electron chi connectivity index (χ1n) is 13.5. The molecule has 6 rings (SSSR count). The Hall–Kier alpha value is -2.98. The molecule has 1 aromatic heterocycles. The molecule has 6 atom stereocenters. The van der Waals surface area contributed by atoms with E-state index in [-0.39, 0.29) is 24.0 Å². The predicted octanol–water partition coefficient (Wildman–Crippen LogP) is 5.30. The standard InChI is InChI=1S/C32H38N2O2/c1-5-24-20-34-17-15-26(24)19-30(34)31(28-14-16-33-29-9-7-6-8-27(28)29)36-32(35)22(4)25-12-10-23(11-13-25)18-21(2)3/h5-14,16,21-22,24,26,30-31H,1,15,17-20H2,2-4H3/p+1/t22-,24+,26+,30+,31+/m1/s1. The third kappa shape index (κ3) is 4.97. The van der Waals surface area contributed by atoms with Crippen molar-refractivity contribution in [1.82, 2.24) is 4.98 Å². The number of nitrogens with zero attached hydrogens (tertiary/aromatic N) is 1. The van der Waals surface area contributed by atoms with Gasteiger partial charge in [0.2, 0.25) is 0 Å². The summed E-state index contributed by atoms with van der Waals surface area (Å²) >= 11 is 0. The minimum Gasteiger partial charge on any atom is -0.451 e. The number of fused-ring (bicyclic) bond motifs is 4. The van der Waals surface area contributed by atoms with Crippen LogP contribution in [0.15, 0.2) is 73.4 Å². The van der Waals surface area contributed by atoms with E-state index in [4.69, 9.17) is 4.74 Å². The smallest absolute Gasteiger partial charge is 0.313 e. The molecule has 1 unspecified atom stereocenters. The molecule has 0 radical (unpaired) electrons. The summed E-state index contributed by atoms with van der Waals surface area (Å²) in [5, 5.41) is 1.07. The molecule has 1 N–H and O–H groups in total. The van der Waals surface area contributed by atoms with Crippen molar-refractivity contribution < 1.29 is 14.4 Å². The first-order valence-corrected chi connectivity index (χ1v) is 13.5. The Bertz CT molecular complexity index is 1210. The Kier molecular flexibility index (Phi) is 7.25. The number of carbonyl (C=O) groups excluding carboxylic acids is 1. The fourth-order valence-electron chi connectivity index (χ4n) is 6.40. The molecule has 3 aliphatic rings. The van der Waals surface area contributed by atoms with Crippen LogP contribution in [0.25, 0.3) is 10.9 Å². The van der Waals surface area contributed by atoms with E-state index in [2.05, 4.69) is 67.9 Å². The molecule has 188 valence electrons. The second-order valence-corrected chi connectivity index (χ2v) is 11.2. The van der Waals surface area contributed by atoms with Crippen LogP contribution < -0.4 is 4.90 Å². The second-order valence-electron chi connectivity index (χ2n) is 11.2. The summed E-state index contributed by atoms with van der Waals surface area (Å²) in [6.07, 6.45) is 7.01. The van der Waals surface area contributed by atoms with E-state index in [1.807, 2.05) is 31.3 Å². The number of rotatable bonds is 8. The van der Waals surface area contributed by atoms with Crippen LogP contribution in [0.4, 0.5) is 0 Å². The summed E-state index contributed by atoms with van der Waals surface area (Å²) in [7, 11) is 0. The second kappa shape index (κ2) is 10.6. The summed E-state index contributed by atoms with van der Waals surface area (Å²) in [6.45, 7) is 12.7. The minimum absolute atomic E-state index is 0.153. The van der Waals surface area contributed by atoms with Gasteiger partial charge in [0, 0.05) is 35.9 Å². The van der Waals surface area contributed by atoms with Gasteiger partial charge >= 0.3 is 5.97 Å². The Balaban J connectivity index is 1.44. The molecule has 4 heterocycles. The first kappa shape index (κ1) is 24.7. The quantitative estimate of drug-likeness (QED) is 0.349. The Morgan fingerprint density at radius 3 is 2.61 bits per heavy atom. The van der Waals surface area contributed by atoms with Gasteiger partial charge < -0.3 is 9.64 Å². The van der Waals surface area contributed by atoms with Crippen molar-refractivity contribution in [1.29, 1.82) is 0 Å². The maximum absolute atomic E-state index is 13.6. The van der Waals surface area contributed by atoms with Crippen LogP contribution in [0.3, 0.4) is 0 Å². The number of quaternary nitrogens is 1. The molecule has 0 spiro atoms. The maximum Gasteiger partial charge on any atom is 0.313 e. The molecule has 4 heteroatoms. The molecule has 3 fully saturated rings. The average molecular weight is 484 g/mol. The molecular weight excluding hydrogens is 444 g/mol. The van der Waals surface area contributed by atoms with E-state index in [9.17, 15) is 4.79 Å². The molecule has 2 aromatic carbocycles. The zero-order valence-corrected chi connectivity index (χ0v) is 21.8. The number of pyridine rings is 1. The number of ether oxygens (including phenoxy) is 1. The third-order valence-corrected chi connectivity index (χ3v) is 8.40. The average Bonchev–Trinajstić information content (AvgIpc) is 2.91. The number of benzene rings is 2. The van der Waals surface area contributed by atoms with Crippen LogP contribution >= 0.6 is 0 Å². The van der Waals surface area contributed by atoms with Crippen molar-refractivity contribution in [3.8, 4) is 0 Å². The van der Waals surface area contributed by atoms with Crippen LogP contribution in [-0.4, -0.2) is 30.1 Å². The van der Waals surface area contributed by atoms with Crippen molar-refractivity contribution in [3.05, 3.63) is 90.1 Å². The number of nitrogens with one attached hydrogen (secondary N) is 1. The Labute approximate surface area is 215 Å². The predicted molar refractivity (Wildman–Crippen MR) is 145 cm³/mol. The summed E-state index contributed by atoms with van der Waals surface area (Å²) < 4.78 is 6.50. The third-order valence-electron chi connectivity index (χ3n) is 8.40. The summed E-state index contributed by atoms with van der Waals surface area (Å²) in [5.74, 6) is 1.31. The highest BCUT2D eigenvalue weighted by Gasteiger charge is 2.48. The molecular formula is C32H39N2O2+. The van der Waals surface area contributed by atoms with Crippen LogP contribution in [0.5, 0.6) is 0 Å². The van der Waals surface area contributed by atoms with Crippen LogP contribution in [0.1, 0.15) is 62.3 Å². The van der Waals surface area contributed by atoms with E-state index in [0.29, 0.717) is 17.8 Å². The Morgan fingerprint density at radius 1 is 1.14 bits per heavy atom. The fraction of sp³-hybridized carbons (Fsp3) is 0.438. The van der Waals surface area contributed by atoms with E-state index >= 15 is 0 Å². The highest BCUT2D eigenvalue weighted by Crippen LogP contribution is 2.37.